The van der Waals surface area contributed by atoms with Gasteiger partial charge >= 0.3 is 17.7 Å². The van der Waals surface area contributed by atoms with Crippen molar-refractivity contribution in [1.29, 1.82) is 0 Å². The molecular formula is C22H22N2O7S. The Balaban J connectivity index is 1.72. The highest BCUT2D eigenvalue weighted by Gasteiger charge is 2.19. The second-order valence-corrected chi connectivity index (χ2v) is 7.76. The normalized spacial score (nSPS) is 11.6. The lowest BCUT2D eigenvalue weighted by Crippen LogP contribution is -2.28. The number of thiophene rings is 1. The Hall–Kier alpha value is -3.66. The Morgan fingerprint density at radius 2 is 1.97 bits per heavy atom. The summed E-state index contributed by atoms with van der Waals surface area (Å²) in [7, 11) is 0. The lowest BCUT2D eigenvalue weighted by atomic mass is 10.1. The summed E-state index contributed by atoms with van der Waals surface area (Å²) in [5.41, 5.74) is 0.459. The molecule has 2 heterocycles. The number of esters is 1. The molecule has 1 aromatic carbocycles. The summed E-state index contributed by atoms with van der Waals surface area (Å²) in [6.07, 6.45) is -0.675. The van der Waals surface area contributed by atoms with E-state index in [4.69, 9.17) is 13.9 Å². The molecule has 1 unspecified atom stereocenters. The third-order valence-corrected chi connectivity index (χ3v) is 5.36. The molecule has 0 aliphatic heterocycles. The molecule has 3 aromatic rings. The number of hydrogen-bond acceptors (Lipinski definition) is 8. The largest absolute Gasteiger partial charge is 0.461 e. The summed E-state index contributed by atoms with van der Waals surface area (Å²) < 4.78 is 15.4. The molecule has 2 amide bonds. The van der Waals surface area contributed by atoms with Crippen LogP contribution >= 0.6 is 11.3 Å². The molecule has 0 radical (unpaired) electrons. The maximum atomic E-state index is 12.4. The predicted molar refractivity (Wildman–Crippen MR) is 118 cm³/mol. The van der Waals surface area contributed by atoms with Gasteiger partial charge in [-0.25, -0.2) is 9.59 Å². The first kappa shape index (κ1) is 23.0. The third kappa shape index (κ3) is 6.17. The van der Waals surface area contributed by atoms with Crippen molar-refractivity contribution in [1.82, 2.24) is 5.32 Å². The fraction of sp³-hybridized carbons (Fsp3) is 0.273. The number of amides is 2. The minimum atomic E-state index is -0.626. The third-order valence-electron chi connectivity index (χ3n) is 4.38. The van der Waals surface area contributed by atoms with Crippen LogP contribution in [0.1, 0.15) is 36.8 Å². The summed E-state index contributed by atoms with van der Waals surface area (Å²) >= 11 is 1.43. The van der Waals surface area contributed by atoms with Crippen LogP contribution in [-0.4, -0.2) is 24.6 Å². The van der Waals surface area contributed by atoms with Crippen LogP contribution in [-0.2, 0) is 25.7 Å². The number of carbonyl (C=O) groups is 3. The molecule has 0 saturated heterocycles. The highest BCUT2D eigenvalue weighted by atomic mass is 32.1. The van der Waals surface area contributed by atoms with E-state index in [1.807, 2.05) is 17.5 Å². The van der Waals surface area contributed by atoms with Crippen LogP contribution in [0.4, 0.5) is 10.5 Å². The van der Waals surface area contributed by atoms with Gasteiger partial charge in [0, 0.05) is 40.6 Å². The van der Waals surface area contributed by atoms with Crippen LogP contribution in [0, 0.1) is 0 Å². The Kier molecular flexibility index (Phi) is 7.61. The van der Waals surface area contributed by atoms with Crippen LogP contribution in [0.3, 0.4) is 0 Å². The highest BCUT2D eigenvalue weighted by molar-refractivity contribution is 7.10. The minimum absolute atomic E-state index is 0.0485. The van der Waals surface area contributed by atoms with Crippen molar-refractivity contribution < 1.29 is 28.3 Å². The van der Waals surface area contributed by atoms with Gasteiger partial charge in [0.1, 0.15) is 12.2 Å². The van der Waals surface area contributed by atoms with E-state index in [0.29, 0.717) is 16.6 Å². The van der Waals surface area contributed by atoms with Gasteiger partial charge in [-0.15, -0.1) is 11.3 Å². The Labute approximate surface area is 187 Å². The molecule has 168 valence electrons. The molecule has 0 aliphatic rings. The average molecular weight is 458 g/mol. The topological polar surface area (TPSA) is 124 Å². The maximum absolute atomic E-state index is 12.4. The molecule has 32 heavy (non-hydrogen) atoms. The molecule has 10 heteroatoms. The highest BCUT2D eigenvalue weighted by Crippen LogP contribution is 2.24. The monoisotopic (exact) mass is 458 g/mol. The van der Waals surface area contributed by atoms with Crippen LogP contribution in [0.2, 0.25) is 0 Å². The van der Waals surface area contributed by atoms with Crippen molar-refractivity contribution in [3.8, 4) is 0 Å². The molecular weight excluding hydrogens is 436 g/mol. The molecule has 2 aromatic heterocycles. The lowest BCUT2D eigenvalue weighted by Gasteiger charge is -2.16. The van der Waals surface area contributed by atoms with E-state index in [-0.39, 0.29) is 31.1 Å². The van der Waals surface area contributed by atoms with Crippen molar-refractivity contribution in [2.75, 3.05) is 11.9 Å². The molecule has 2 N–H and O–H groups in total. The second-order valence-electron chi connectivity index (χ2n) is 6.78. The number of hydrogen-bond donors (Lipinski definition) is 2. The summed E-state index contributed by atoms with van der Waals surface area (Å²) in [6, 6.07) is 9.18. The molecule has 9 nitrogen and oxygen atoms in total. The maximum Gasteiger partial charge on any atom is 0.411 e. The van der Waals surface area contributed by atoms with Crippen LogP contribution in [0.5, 0.6) is 0 Å². The molecule has 3 rings (SSSR count). The van der Waals surface area contributed by atoms with E-state index in [1.54, 1.807) is 19.1 Å². The van der Waals surface area contributed by atoms with Gasteiger partial charge < -0.3 is 19.2 Å². The Bertz CT molecular complexity index is 1170. The number of rotatable bonds is 8. The van der Waals surface area contributed by atoms with Gasteiger partial charge in [-0.3, -0.25) is 14.9 Å². The van der Waals surface area contributed by atoms with Crippen molar-refractivity contribution in [2.24, 2.45) is 0 Å². The smallest absolute Gasteiger partial charge is 0.411 e. The quantitative estimate of drug-likeness (QED) is 0.389. The van der Waals surface area contributed by atoms with E-state index in [2.05, 4.69) is 10.6 Å². The first-order valence-corrected chi connectivity index (χ1v) is 10.7. The molecule has 0 bridgehead atoms. The molecule has 0 aliphatic carbocycles. The number of benzene rings is 1. The van der Waals surface area contributed by atoms with Crippen molar-refractivity contribution in [3.05, 3.63) is 62.6 Å². The average Bonchev–Trinajstić information content (AvgIpc) is 3.26. The standard InChI is InChI=1S/C22H22N2O7S/c1-3-29-22(28)24-15-6-7-16-14(9-21(27)31-18(16)10-15)12-30-20(26)11-17(23-13(2)25)19-5-4-8-32-19/h4-10,17H,3,11-12H2,1-2H3,(H,23,25)(H,24,28). The van der Waals surface area contributed by atoms with Crippen molar-refractivity contribution in [2.45, 2.75) is 32.9 Å². The summed E-state index contributed by atoms with van der Waals surface area (Å²) in [6.45, 7) is 3.14. The van der Waals surface area contributed by atoms with E-state index < -0.39 is 23.7 Å². The molecule has 0 spiro atoms. The SMILES string of the molecule is CCOC(=O)Nc1ccc2c(COC(=O)CC(NC(C)=O)c3cccs3)cc(=O)oc2c1. The molecule has 0 fully saturated rings. The predicted octanol–water partition coefficient (Wildman–Crippen LogP) is 3.73. The van der Waals surface area contributed by atoms with Crippen LogP contribution < -0.4 is 16.3 Å². The van der Waals surface area contributed by atoms with E-state index >= 15 is 0 Å². The zero-order chi connectivity index (χ0) is 23.1. The van der Waals surface area contributed by atoms with E-state index in [9.17, 15) is 19.2 Å². The fourth-order valence-corrected chi connectivity index (χ4v) is 3.83. The van der Waals surface area contributed by atoms with Crippen molar-refractivity contribution >= 4 is 46.0 Å². The number of nitrogens with one attached hydrogen (secondary N) is 2. The second kappa shape index (κ2) is 10.6. The number of anilines is 1. The first-order valence-electron chi connectivity index (χ1n) is 9.82. The number of ether oxygens (including phenoxy) is 2. The van der Waals surface area contributed by atoms with Gasteiger partial charge in [0.25, 0.3) is 0 Å². The number of fused-ring (bicyclic) bond motifs is 1. The number of carbonyl (C=O) groups excluding carboxylic acids is 3. The molecule has 1 atom stereocenters. The minimum Gasteiger partial charge on any atom is -0.461 e. The van der Waals surface area contributed by atoms with Gasteiger partial charge in [0.15, 0.2) is 0 Å². The fourth-order valence-electron chi connectivity index (χ4n) is 3.05. The lowest BCUT2D eigenvalue weighted by molar-refractivity contribution is -0.145. The zero-order valence-electron chi connectivity index (χ0n) is 17.5. The van der Waals surface area contributed by atoms with E-state index in [0.717, 1.165) is 4.88 Å². The van der Waals surface area contributed by atoms with Gasteiger partial charge in [0.05, 0.1) is 19.1 Å². The summed E-state index contributed by atoms with van der Waals surface area (Å²) in [5, 5.41) is 7.69. The Morgan fingerprint density at radius 1 is 1.16 bits per heavy atom. The van der Waals surface area contributed by atoms with Gasteiger partial charge in [-0.2, -0.15) is 0 Å². The Morgan fingerprint density at radius 3 is 2.66 bits per heavy atom. The van der Waals surface area contributed by atoms with Crippen LogP contribution in [0.15, 0.2) is 51.0 Å². The summed E-state index contributed by atoms with van der Waals surface area (Å²) in [5.74, 6) is -0.783. The zero-order valence-corrected chi connectivity index (χ0v) is 18.3. The van der Waals surface area contributed by atoms with E-state index in [1.165, 1.54) is 30.4 Å². The van der Waals surface area contributed by atoms with Crippen LogP contribution in [0.25, 0.3) is 11.0 Å². The van der Waals surface area contributed by atoms with Crippen molar-refractivity contribution in [3.63, 3.8) is 0 Å². The first-order chi connectivity index (χ1) is 15.4. The summed E-state index contributed by atoms with van der Waals surface area (Å²) in [4.78, 5) is 48.3. The van der Waals surface area contributed by atoms with Gasteiger partial charge in [0.2, 0.25) is 5.91 Å². The van der Waals surface area contributed by atoms with Gasteiger partial charge in [-0.1, -0.05) is 6.07 Å². The molecule has 0 saturated carbocycles. The van der Waals surface area contributed by atoms with Gasteiger partial charge in [-0.05, 0) is 30.5 Å².